The molecule has 1 aliphatic carbocycles. The summed E-state index contributed by atoms with van der Waals surface area (Å²) in [5, 5.41) is 3.59. The van der Waals surface area contributed by atoms with Crippen LogP contribution in [0.5, 0.6) is 0 Å². The van der Waals surface area contributed by atoms with Crippen molar-refractivity contribution in [1.29, 1.82) is 0 Å². The highest BCUT2D eigenvalue weighted by atomic mass is 16.5. The Labute approximate surface area is 125 Å². The molecular weight excluding hydrogens is 248 g/mol. The van der Waals surface area contributed by atoms with Gasteiger partial charge in [-0.3, -0.25) is 4.90 Å². The maximum Gasteiger partial charge on any atom is 0.0622 e. The van der Waals surface area contributed by atoms with Gasteiger partial charge in [0.05, 0.1) is 13.2 Å². The maximum atomic E-state index is 5.69. The lowest BCUT2D eigenvalue weighted by Crippen LogP contribution is -2.59. The van der Waals surface area contributed by atoms with E-state index < -0.39 is 0 Å². The molecule has 0 bridgehead atoms. The molecule has 0 aromatic rings. The van der Waals surface area contributed by atoms with Gasteiger partial charge in [-0.25, -0.2) is 0 Å². The molecule has 2 rings (SSSR count). The highest BCUT2D eigenvalue weighted by Crippen LogP contribution is 2.40. The van der Waals surface area contributed by atoms with Crippen molar-refractivity contribution in [2.45, 2.75) is 71.5 Å². The molecule has 3 nitrogen and oxygen atoms in total. The number of hydrogen-bond acceptors (Lipinski definition) is 3. The summed E-state index contributed by atoms with van der Waals surface area (Å²) in [6.07, 6.45) is 5.22. The van der Waals surface area contributed by atoms with Crippen LogP contribution in [0.1, 0.15) is 53.4 Å². The van der Waals surface area contributed by atoms with Crippen LogP contribution in [-0.2, 0) is 4.74 Å². The number of ether oxygens (including phenoxy) is 1. The molecule has 2 fully saturated rings. The topological polar surface area (TPSA) is 24.5 Å². The van der Waals surface area contributed by atoms with Gasteiger partial charge < -0.3 is 10.1 Å². The van der Waals surface area contributed by atoms with Crippen LogP contribution in [0, 0.1) is 11.3 Å². The van der Waals surface area contributed by atoms with Gasteiger partial charge in [-0.2, -0.15) is 0 Å². The SMILES string of the molecule is CCC1COCCN1C1CC(C(C)(C)C)CCC1NC. The van der Waals surface area contributed by atoms with Crippen molar-refractivity contribution in [3.05, 3.63) is 0 Å². The molecule has 1 aliphatic heterocycles. The van der Waals surface area contributed by atoms with E-state index in [1.54, 1.807) is 0 Å². The first-order valence-corrected chi connectivity index (χ1v) is 8.48. The zero-order valence-electron chi connectivity index (χ0n) is 14.1. The van der Waals surface area contributed by atoms with E-state index in [2.05, 4.69) is 45.0 Å². The Morgan fingerprint density at radius 1 is 1.25 bits per heavy atom. The van der Waals surface area contributed by atoms with Crippen LogP contribution in [0.25, 0.3) is 0 Å². The quantitative estimate of drug-likeness (QED) is 0.861. The van der Waals surface area contributed by atoms with Crippen LogP contribution in [0.3, 0.4) is 0 Å². The standard InChI is InChI=1S/C17H34N2O/c1-6-14-12-20-10-9-19(14)16-11-13(17(2,3)4)7-8-15(16)18-5/h13-16,18H,6-12H2,1-5H3. The van der Waals surface area contributed by atoms with E-state index in [0.29, 0.717) is 23.5 Å². The molecular formula is C17H34N2O. The molecule has 2 aliphatic rings. The smallest absolute Gasteiger partial charge is 0.0622 e. The third-order valence-electron chi connectivity index (χ3n) is 5.58. The van der Waals surface area contributed by atoms with Crippen LogP contribution in [-0.4, -0.2) is 49.8 Å². The minimum atomic E-state index is 0.435. The summed E-state index contributed by atoms with van der Waals surface area (Å²) in [6.45, 7) is 12.5. The second kappa shape index (κ2) is 6.76. The Balaban J connectivity index is 2.11. The minimum Gasteiger partial charge on any atom is -0.378 e. The summed E-state index contributed by atoms with van der Waals surface area (Å²) in [6, 6.07) is 1.95. The van der Waals surface area contributed by atoms with Gasteiger partial charge >= 0.3 is 0 Å². The number of likely N-dealkylation sites (N-methyl/N-ethyl adjacent to an activating group) is 1. The molecule has 1 saturated heterocycles. The van der Waals surface area contributed by atoms with Gasteiger partial charge in [0.1, 0.15) is 0 Å². The molecule has 4 atom stereocenters. The van der Waals surface area contributed by atoms with Crippen LogP contribution >= 0.6 is 0 Å². The molecule has 118 valence electrons. The van der Waals surface area contributed by atoms with Crippen molar-refractivity contribution in [2.24, 2.45) is 11.3 Å². The van der Waals surface area contributed by atoms with Crippen molar-refractivity contribution >= 4 is 0 Å². The first-order chi connectivity index (χ1) is 9.47. The minimum absolute atomic E-state index is 0.435. The van der Waals surface area contributed by atoms with Gasteiger partial charge in [0.15, 0.2) is 0 Å². The van der Waals surface area contributed by atoms with Gasteiger partial charge in [-0.05, 0) is 44.1 Å². The molecule has 0 radical (unpaired) electrons. The fourth-order valence-electron chi connectivity index (χ4n) is 4.09. The fraction of sp³-hybridized carbons (Fsp3) is 1.00. The van der Waals surface area contributed by atoms with Crippen molar-refractivity contribution in [3.8, 4) is 0 Å². The summed E-state index contributed by atoms with van der Waals surface area (Å²) in [5.41, 5.74) is 0.435. The lowest BCUT2D eigenvalue weighted by atomic mass is 9.69. The van der Waals surface area contributed by atoms with Crippen molar-refractivity contribution in [1.82, 2.24) is 10.2 Å². The lowest BCUT2D eigenvalue weighted by Gasteiger charge is -2.49. The Morgan fingerprint density at radius 3 is 2.60 bits per heavy atom. The van der Waals surface area contributed by atoms with Gasteiger partial charge in [0.2, 0.25) is 0 Å². The summed E-state index contributed by atoms with van der Waals surface area (Å²) < 4.78 is 5.69. The molecule has 1 heterocycles. The highest BCUT2D eigenvalue weighted by Gasteiger charge is 2.40. The van der Waals surface area contributed by atoms with Gasteiger partial charge in [-0.1, -0.05) is 27.7 Å². The lowest BCUT2D eigenvalue weighted by molar-refractivity contribution is -0.0551. The average Bonchev–Trinajstić information content (AvgIpc) is 2.45. The maximum absolute atomic E-state index is 5.69. The Bertz CT molecular complexity index is 300. The normalized spacial score (nSPS) is 37.0. The van der Waals surface area contributed by atoms with Crippen molar-refractivity contribution in [2.75, 3.05) is 26.8 Å². The second-order valence-corrected chi connectivity index (χ2v) is 7.71. The molecule has 1 saturated carbocycles. The molecule has 20 heavy (non-hydrogen) atoms. The van der Waals surface area contributed by atoms with Gasteiger partial charge in [0.25, 0.3) is 0 Å². The molecule has 1 N–H and O–H groups in total. The van der Waals surface area contributed by atoms with E-state index in [4.69, 9.17) is 4.74 Å². The zero-order chi connectivity index (χ0) is 14.8. The predicted octanol–water partition coefficient (Wildman–Crippen LogP) is 2.90. The van der Waals surface area contributed by atoms with E-state index in [0.717, 1.165) is 25.7 Å². The molecule has 4 unspecified atom stereocenters. The predicted molar refractivity (Wildman–Crippen MR) is 85.0 cm³/mol. The Morgan fingerprint density at radius 2 is 2.00 bits per heavy atom. The second-order valence-electron chi connectivity index (χ2n) is 7.71. The van der Waals surface area contributed by atoms with E-state index in [1.807, 2.05) is 0 Å². The number of hydrogen-bond donors (Lipinski definition) is 1. The van der Waals surface area contributed by atoms with E-state index >= 15 is 0 Å². The first kappa shape index (κ1) is 16.3. The Hall–Kier alpha value is -0.120. The molecule has 0 aromatic heterocycles. The first-order valence-electron chi connectivity index (χ1n) is 8.48. The van der Waals surface area contributed by atoms with Crippen LogP contribution in [0.2, 0.25) is 0 Å². The fourth-order valence-corrected chi connectivity index (χ4v) is 4.09. The van der Waals surface area contributed by atoms with E-state index in [1.165, 1.54) is 25.7 Å². The summed E-state index contributed by atoms with van der Waals surface area (Å²) in [5.74, 6) is 0.845. The Kier molecular flexibility index (Phi) is 5.49. The number of morpholine rings is 1. The molecule has 0 spiro atoms. The van der Waals surface area contributed by atoms with Crippen LogP contribution in [0.15, 0.2) is 0 Å². The third kappa shape index (κ3) is 3.55. The highest BCUT2D eigenvalue weighted by molar-refractivity contribution is 4.96. The van der Waals surface area contributed by atoms with Crippen molar-refractivity contribution < 1.29 is 4.74 Å². The van der Waals surface area contributed by atoms with Crippen molar-refractivity contribution in [3.63, 3.8) is 0 Å². The van der Waals surface area contributed by atoms with Crippen LogP contribution in [0.4, 0.5) is 0 Å². The van der Waals surface area contributed by atoms with E-state index in [9.17, 15) is 0 Å². The molecule has 3 heteroatoms. The summed E-state index contributed by atoms with van der Waals surface area (Å²) in [4.78, 5) is 2.75. The average molecular weight is 282 g/mol. The monoisotopic (exact) mass is 282 g/mol. The van der Waals surface area contributed by atoms with Crippen LogP contribution < -0.4 is 5.32 Å². The number of nitrogens with zero attached hydrogens (tertiary/aromatic N) is 1. The summed E-state index contributed by atoms with van der Waals surface area (Å²) >= 11 is 0. The molecule has 0 aromatic carbocycles. The molecule has 0 amide bonds. The third-order valence-corrected chi connectivity index (χ3v) is 5.58. The van der Waals surface area contributed by atoms with E-state index in [-0.39, 0.29) is 0 Å². The summed E-state index contributed by atoms with van der Waals surface area (Å²) in [7, 11) is 2.14. The number of nitrogens with one attached hydrogen (secondary N) is 1. The number of rotatable bonds is 3. The zero-order valence-corrected chi connectivity index (χ0v) is 14.1. The van der Waals surface area contributed by atoms with Gasteiger partial charge in [0, 0.05) is 24.7 Å². The largest absolute Gasteiger partial charge is 0.378 e. The van der Waals surface area contributed by atoms with Gasteiger partial charge in [-0.15, -0.1) is 0 Å².